The first-order valence-electron chi connectivity index (χ1n) is 10.9. The number of rotatable bonds is 7. The zero-order chi connectivity index (χ0) is 25.7. The van der Waals surface area contributed by atoms with Crippen molar-refractivity contribution in [3.63, 3.8) is 0 Å². The van der Waals surface area contributed by atoms with Gasteiger partial charge in [-0.05, 0) is 60.5 Å². The van der Waals surface area contributed by atoms with E-state index in [-0.39, 0.29) is 46.2 Å². The second-order valence-electron chi connectivity index (χ2n) is 7.54. The molecule has 3 aromatic rings. The van der Waals surface area contributed by atoms with Gasteiger partial charge >= 0.3 is 5.97 Å². The molecule has 0 saturated carbocycles. The van der Waals surface area contributed by atoms with E-state index < -0.39 is 5.97 Å². The fourth-order valence-electron chi connectivity index (χ4n) is 3.35. The van der Waals surface area contributed by atoms with Gasteiger partial charge < -0.3 is 14.6 Å². The van der Waals surface area contributed by atoms with Crippen molar-refractivity contribution >= 4 is 57.7 Å². The molecule has 0 unspecified atom stereocenters. The Kier molecular flexibility index (Phi) is 8.36. The standard InChI is InChI=1S/C27H20Cl2FNO4S/c1-2-34-27(33)23-24(32)22(36-26(23)31-19-9-4-3-5-10-19)14-17-12-20(28)25(21(29)13-17)35-15-16-7-6-8-18(30)11-16/h3-14,32H,2,15H2,1H3/b22-14-,31-26?. The molecule has 1 aliphatic heterocycles. The Hall–Kier alpha value is -3.26. The lowest BCUT2D eigenvalue weighted by Crippen LogP contribution is -2.12. The Morgan fingerprint density at radius 3 is 2.47 bits per heavy atom. The molecule has 0 atom stereocenters. The summed E-state index contributed by atoms with van der Waals surface area (Å²) in [5, 5.41) is 11.7. The molecule has 4 rings (SSSR count). The van der Waals surface area contributed by atoms with Gasteiger partial charge in [-0.15, -0.1) is 0 Å². The Labute approximate surface area is 221 Å². The van der Waals surface area contributed by atoms with Crippen LogP contribution in [0.2, 0.25) is 10.0 Å². The summed E-state index contributed by atoms with van der Waals surface area (Å²) in [5.74, 6) is -1.03. The topological polar surface area (TPSA) is 68.1 Å². The maximum atomic E-state index is 13.4. The Morgan fingerprint density at radius 1 is 1.08 bits per heavy atom. The van der Waals surface area contributed by atoms with E-state index >= 15 is 0 Å². The van der Waals surface area contributed by atoms with Gasteiger partial charge in [0.05, 0.1) is 27.2 Å². The molecule has 5 nitrogen and oxygen atoms in total. The summed E-state index contributed by atoms with van der Waals surface area (Å²) in [6.07, 6.45) is 1.64. The van der Waals surface area contributed by atoms with Crippen molar-refractivity contribution in [1.29, 1.82) is 0 Å². The number of carbonyl (C=O) groups excluding carboxylic acids is 1. The smallest absolute Gasteiger partial charge is 0.344 e. The van der Waals surface area contributed by atoms with Crippen molar-refractivity contribution in [3.8, 4) is 5.75 Å². The molecule has 36 heavy (non-hydrogen) atoms. The zero-order valence-electron chi connectivity index (χ0n) is 19.0. The van der Waals surface area contributed by atoms with E-state index in [1.165, 1.54) is 12.1 Å². The molecule has 0 aromatic heterocycles. The highest BCUT2D eigenvalue weighted by Gasteiger charge is 2.33. The third-order valence-corrected chi connectivity index (χ3v) is 6.53. The number of ether oxygens (including phenoxy) is 2. The number of hydrogen-bond donors (Lipinski definition) is 1. The molecule has 0 saturated heterocycles. The van der Waals surface area contributed by atoms with Gasteiger partial charge in [0.25, 0.3) is 0 Å². The summed E-state index contributed by atoms with van der Waals surface area (Å²) in [7, 11) is 0. The Balaban J connectivity index is 1.63. The van der Waals surface area contributed by atoms with Crippen LogP contribution in [0.3, 0.4) is 0 Å². The van der Waals surface area contributed by atoms with Crippen LogP contribution >= 0.6 is 35.0 Å². The van der Waals surface area contributed by atoms with Gasteiger partial charge in [0.1, 0.15) is 28.8 Å². The number of aliphatic hydroxyl groups is 1. The molecule has 0 radical (unpaired) electrons. The monoisotopic (exact) mass is 543 g/mol. The summed E-state index contributed by atoms with van der Waals surface area (Å²) in [5.41, 5.74) is 1.81. The molecular formula is C27H20Cl2FNO4S. The first kappa shape index (κ1) is 25.8. The van der Waals surface area contributed by atoms with Crippen LogP contribution in [0.15, 0.2) is 88.0 Å². The second kappa shape index (κ2) is 11.6. The van der Waals surface area contributed by atoms with Crippen LogP contribution in [0.5, 0.6) is 5.75 Å². The molecule has 0 bridgehead atoms. The predicted molar refractivity (Wildman–Crippen MR) is 143 cm³/mol. The normalized spacial score (nSPS) is 15.6. The molecule has 0 amide bonds. The van der Waals surface area contributed by atoms with Crippen molar-refractivity contribution in [2.24, 2.45) is 4.99 Å². The van der Waals surface area contributed by atoms with Crippen LogP contribution < -0.4 is 4.74 Å². The van der Waals surface area contributed by atoms with Gasteiger partial charge in [-0.3, -0.25) is 0 Å². The van der Waals surface area contributed by atoms with E-state index in [0.29, 0.717) is 26.8 Å². The third kappa shape index (κ3) is 6.10. The number of nitrogens with zero attached hydrogens (tertiary/aromatic N) is 1. The molecule has 3 aromatic carbocycles. The second-order valence-corrected chi connectivity index (χ2v) is 9.38. The van der Waals surface area contributed by atoms with Crippen molar-refractivity contribution < 1.29 is 23.8 Å². The van der Waals surface area contributed by atoms with E-state index in [0.717, 1.165) is 11.8 Å². The number of aliphatic hydroxyl groups excluding tert-OH is 1. The number of carbonyl (C=O) groups is 1. The summed E-state index contributed by atoms with van der Waals surface area (Å²) >= 11 is 14.0. The highest BCUT2D eigenvalue weighted by Crippen LogP contribution is 2.42. The zero-order valence-corrected chi connectivity index (χ0v) is 21.3. The first-order valence-corrected chi connectivity index (χ1v) is 12.4. The molecule has 184 valence electrons. The predicted octanol–water partition coefficient (Wildman–Crippen LogP) is 7.90. The van der Waals surface area contributed by atoms with Crippen LogP contribution in [-0.4, -0.2) is 22.7 Å². The molecule has 1 heterocycles. The maximum Gasteiger partial charge on any atom is 0.344 e. The number of thioether (sulfide) groups is 1. The minimum atomic E-state index is -0.669. The van der Waals surface area contributed by atoms with Gasteiger partial charge in [-0.1, -0.05) is 65.3 Å². The van der Waals surface area contributed by atoms with E-state index in [1.54, 1.807) is 49.4 Å². The first-order chi connectivity index (χ1) is 17.4. The summed E-state index contributed by atoms with van der Waals surface area (Å²) < 4.78 is 24.3. The van der Waals surface area contributed by atoms with Crippen LogP contribution in [-0.2, 0) is 16.1 Å². The SMILES string of the molecule is CCOC(=O)C1=C(O)/C(=C/c2cc(Cl)c(OCc3cccc(F)c3)c(Cl)c2)SC1=Nc1ccccc1. The number of hydrogen-bond acceptors (Lipinski definition) is 6. The van der Waals surface area contributed by atoms with Crippen LogP contribution in [0, 0.1) is 5.82 Å². The minimum Gasteiger partial charge on any atom is -0.506 e. The highest BCUT2D eigenvalue weighted by atomic mass is 35.5. The fraction of sp³-hybridized carbons (Fsp3) is 0.111. The third-order valence-electron chi connectivity index (χ3n) is 4.95. The summed E-state index contributed by atoms with van der Waals surface area (Å²) in [4.78, 5) is 17.5. The number of aliphatic imine (C=N–C) groups is 1. The van der Waals surface area contributed by atoms with Crippen molar-refractivity contribution in [1.82, 2.24) is 0 Å². The molecule has 1 N–H and O–H groups in total. The molecule has 9 heteroatoms. The summed E-state index contributed by atoms with van der Waals surface area (Å²) in [6, 6.07) is 18.3. The van der Waals surface area contributed by atoms with Gasteiger partial charge in [0, 0.05) is 0 Å². The number of esters is 1. The molecule has 0 spiro atoms. The lowest BCUT2D eigenvalue weighted by Gasteiger charge is -2.11. The fourth-order valence-corrected chi connectivity index (χ4v) is 4.99. The van der Waals surface area contributed by atoms with Crippen molar-refractivity contribution in [2.45, 2.75) is 13.5 Å². The lowest BCUT2D eigenvalue weighted by atomic mass is 10.1. The van der Waals surface area contributed by atoms with E-state index in [9.17, 15) is 14.3 Å². The van der Waals surface area contributed by atoms with Crippen LogP contribution in [0.4, 0.5) is 10.1 Å². The van der Waals surface area contributed by atoms with Crippen LogP contribution in [0.1, 0.15) is 18.1 Å². The lowest BCUT2D eigenvalue weighted by molar-refractivity contribution is -0.138. The van der Waals surface area contributed by atoms with Crippen molar-refractivity contribution in [3.05, 3.63) is 110 Å². The van der Waals surface area contributed by atoms with E-state index in [1.807, 2.05) is 18.2 Å². The van der Waals surface area contributed by atoms with E-state index in [4.69, 9.17) is 32.7 Å². The van der Waals surface area contributed by atoms with Gasteiger partial charge in [0.15, 0.2) is 5.75 Å². The largest absolute Gasteiger partial charge is 0.506 e. The average molecular weight is 544 g/mol. The van der Waals surface area contributed by atoms with E-state index in [2.05, 4.69) is 4.99 Å². The molecule has 0 fully saturated rings. The highest BCUT2D eigenvalue weighted by molar-refractivity contribution is 8.18. The Morgan fingerprint density at radius 2 is 1.81 bits per heavy atom. The molecule has 0 aliphatic carbocycles. The number of halogens is 3. The average Bonchev–Trinajstić information content (AvgIpc) is 3.13. The summed E-state index contributed by atoms with van der Waals surface area (Å²) in [6.45, 7) is 1.92. The quantitative estimate of drug-likeness (QED) is 0.306. The van der Waals surface area contributed by atoms with Gasteiger partial charge in [-0.2, -0.15) is 0 Å². The Bertz CT molecular complexity index is 1370. The molecule has 1 aliphatic rings. The van der Waals surface area contributed by atoms with Crippen LogP contribution in [0.25, 0.3) is 6.08 Å². The van der Waals surface area contributed by atoms with Gasteiger partial charge in [-0.25, -0.2) is 14.2 Å². The van der Waals surface area contributed by atoms with Crippen molar-refractivity contribution in [2.75, 3.05) is 6.61 Å². The van der Waals surface area contributed by atoms with Gasteiger partial charge in [0.2, 0.25) is 0 Å². The number of para-hydroxylation sites is 1. The number of benzene rings is 3. The molecular weight excluding hydrogens is 524 g/mol. The minimum absolute atomic E-state index is 0.0100. The maximum absolute atomic E-state index is 13.4.